The van der Waals surface area contributed by atoms with Gasteiger partial charge in [0, 0.05) is 31.5 Å². The molecule has 2 nitrogen and oxygen atoms in total. The van der Waals surface area contributed by atoms with Gasteiger partial charge in [0.15, 0.2) is 0 Å². The Labute approximate surface area is 118 Å². The van der Waals surface area contributed by atoms with Crippen LogP contribution in [0.3, 0.4) is 0 Å². The van der Waals surface area contributed by atoms with Crippen LogP contribution in [0.4, 0.5) is 8.78 Å². The van der Waals surface area contributed by atoms with E-state index in [0.29, 0.717) is 13.2 Å². The summed E-state index contributed by atoms with van der Waals surface area (Å²) in [5.74, 6) is -3.38. The topological polar surface area (TPSA) is 12.5 Å². The molecule has 1 heterocycles. The van der Waals surface area contributed by atoms with Crippen molar-refractivity contribution >= 4 is 0 Å². The SMILES string of the molecule is C[C@@H]1[C@@H](CN2CCOC(c3ccccc3)CC2)C1(F)F. The van der Waals surface area contributed by atoms with Gasteiger partial charge in [-0.25, -0.2) is 8.78 Å². The van der Waals surface area contributed by atoms with Crippen molar-refractivity contribution in [2.75, 3.05) is 26.2 Å². The van der Waals surface area contributed by atoms with Crippen LogP contribution in [0.2, 0.25) is 0 Å². The van der Waals surface area contributed by atoms with Gasteiger partial charge in [-0.15, -0.1) is 0 Å². The van der Waals surface area contributed by atoms with Gasteiger partial charge >= 0.3 is 0 Å². The highest BCUT2D eigenvalue weighted by atomic mass is 19.3. The number of halogens is 2. The van der Waals surface area contributed by atoms with Gasteiger partial charge in [-0.1, -0.05) is 37.3 Å². The number of hydrogen-bond acceptors (Lipinski definition) is 2. The third kappa shape index (κ3) is 2.72. The lowest BCUT2D eigenvalue weighted by Gasteiger charge is -2.19. The first-order chi connectivity index (χ1) is 9.59. The van der Waals surface area contributed by atoms with Gasteiger partial charge in [-0.2, -0.15) is 0 Å². The van der Waals surface area contributed by atoms with Crippen LogP contribution in [0.15, 0.2) is 30.3 Å². The molecule has 1 saturated carbocycles. The molecule has 3 atom stereocenters. The molecule has 1 aromatic carbocycles. The Hall–Kier alpha value is -1.00. The van der Waals surface area contributed by atoms with E-state index in [0.717, 1.165) is 19.5 Å². The predicted molar refractivity (Wildman–Crippen MR) is 73.8 cm³/mol. The second-order valence-corrected chi connectivity index (χ2v) is 5.93. The molecule has 0 N–H and O–H groups in total. The van der Waals surface area contributed by atoms with E-state index in [9.17, 15) is 8.78 Å². The molecule has 1 unspecified atom stereocenters. The van der Waals surface area contributed by atoms with E-state index < -0.39 is 17.8 Å². The normalized spacial score (nSPS) is 33.6. The van der Waals surface area contributed by atoms with Crippen LogP contribution in [0.1, 0.15) is 25.0 Å². The third-order valence-electron chi connectivity index (χ3n) is 4.66. The smallest absolute Gasteiger partial charge is 0.255 e. The lowest BCUT2D eigenvalue weighted by molar-refractivity contribution is 0.0593. The lowest BCUT2D eigenvalue weighted by atomic mass is 10.1. The summed E-state index contributed by atoms with van der Waals surface area (Å²) in [6.45, 7) is 4.35. The zero-order chi connectivity index (χ0) is 14.2. The molecule has 3 rings (SSSR count). The van der Waals surface area contributed by atoms with Crippen LogP contribution in [0.25, 0.3) is 0 Å². The fraction of sp³-hybridized carbons (Fsp3) is 0.625. The van der Waals surface area contributed by atoms with Crippen LogP contribution in [0, 0.1) is 11.8 Å². The maximum absolute atomic E-state index is 13.3. The summed E-state index contributed by atoms with van der Waals surface area (Å²) in [5, 5.41) is 0. The highest BCUT2D eigenvalue weighted by molar-refractivity contribution is 5.17. The highest BCUT2D eigenvalue weighted by Crippen LogP contribution is 2.55. The largest absolute Gasteiger partial charge is 0.372 e. The Kier molecular flexibility index (Phi) is 3.78. The van der Waals surface area contributed by atoms with E-state index in [1.165, 1.54) is 5.56 Å². The van der Waals surface area contributed by atoms with E-state index in [4.69, 9.17) is 4.74 Å². The van der Waals surface area contributed by atoms with Gasteiger partial charge in [0.2, 0.25) is 0 Å². The number of hydrogen-bond donors (Lipinski definition) is 0. The minimum Gasteiger partial charge on any atom is -0.372 e. The molecule has 20 heavy (non-hydrogen) atoms. The average Bonchev–Trinajstić information content (AvgIpc) is 3.03. The monoisotopic (exact) mass is 281 g/mol. The van der Waals surface area contributed by atoms with Crippen LogP contribution in [-0.2, 0) is 4.74 Å². The van der Waals surface area contributed by atoms with Crippen molar-refractivity contribution in [3.8, 4) is 0 Å². The standard InChI is InChI=1S/C16H21F2NO/c1-12-14(16(12,17)18)11-19-8-7-15(20-10-9-19)13-5-3-2-4-6-13/h2-6,12,14-15H,7-11H2,1H3/t12-,14-,15?/m1/s1. The zero-order valence-corrected chi connectivity index (χ0v) is 11.8. The Morgan fingerprint density at radius 2 is 1.95 bits per heavy atom. The quantitative estimate of drug-likeness (QED) is 0.842. The number of rotatable bonds is 3. The second kappa shape index (κ2) is 5.41. The molecule has 2 fully saturated rings. The lowest BCUT2D eigenvalue weighted by Crippen LogP contribution is -2.29. The Morgan fingerprint density at radius 3 is 2.60 bits per heavy atom. The molecule has 1 aromatic rings. The van der Waals surface area contributed by atoms with Crippen LogP contribution in [-0.4, -0.2) is 37.1 Å². The first-order valence-electron chi connectivity index (χ1n) is 7.35. The zero-order valence-electron chi connectivity index (χ0n) is 11.8. The summed E-state index contributed by atoms with van der Waals surface area (Å²) in [4.78, 5) is 2.13. The van der Waals surface area contributed by atoms with Crippen molar-refractivity contribution in [1.29, 1.82) is 0 Å². The molecular weight excluding hydrogens is 260 g/mol. The summed E-state index contributed by atoms with van der Waals surface area (Å²) >= 11 is 0. The molecule has 0 aromatic heterocycles. The van der Waals surface area contributed by atoms with Gasteiger partial charge in [0.1, 0.15) is 0 Å². The van der Waals surface area contributed by atoms with Gasteiger partial charge in [-0.3, -0.25) is 0 Å². The molecular formula is C16H21F2NO. The van der Waals surface area contributed by atoms with Crippen LogP contribution < -0.4 is 0 Å². The van der Waals surface area contributed by atoms with E-state index in [1.807, 2.05) is 18.2 Å². The van der Waals surface area contributed by atoms with Crippen molar-refractivity contribution in [2.45, 2.75) is 25.4 Å². The molecule has 4 heteroatoms. The fourth-order valence-corrected chi connectivity index (χ4v) is 3.05. The van der Waals surface area contributed by atoms with Crippen molar-refractivity contribution in [1.82, 2.24) is 4.90 Å². The molecule has 0 amide bonds. The third-order valence-corrected chi connectivity index (χ3v) is 4.66. The van der Waals surface area contributed by atoms with Crippen molar-refractivity contribution in [2.24, 2.45) is 11.8 Å². The molecule has 0 spiro atoms. The molecule has 0 bridgehead atoms. The van der Waals surface area contributed by atoms with E-state index in [1.54, 1.807) is 6.92 Å². The fourth-order valence-electron chi connectivity index (χ4n) is 3.05. The summed E-state index contributed by atoms with van der Waals surface area (Å²) in [6.07, 6.45) is 0.967. The maximum Gasteiger partial charge on any atom is 0.255 e. The molecule has 0 radical (unpaired) electrons. The minimum absolute atomic E-state index is 0.0957. The van der Waals surface area contributed by atoms with Gasteiger partial charge < -0.3 is 9.64 Å². The van der Waals surface area contributed by atoms with Gasteiger partial charge in [-0.05, 0) is 12.0 Å². The Balaban J connectivity index is 1.55. The number of alkyl halides is 2. The summed E-state index contributed by atoms with van der Waals surface area (Å²) in [7, 11) is 0. The van der Waals surface area contributed by atoms with Crippen LogP contribution in [0.5, 0.6) is 0 Å². The first-order valence-corrected chi connectivity index (χ1v) is 7.35. The van der Waals surface area contributed by atoms with E-state index in [2.05, 4.69) is 17.0 Å². The van der Waals surface area contributed by atoms with Crippen molar-refractivity contribution < 1.29 is 13.5 Å². The minimum atomic E-state index is -2.45. The van der Waals surface area contributed by atoms with E-state index >= 15 is 0 Å². The molecule has 1 aliphatic heterocycles. The summed E-state index contributed by atoms with van der Waals surface area (Å²) < 4.78 is 32.5. The first kappa shape index (κ1) is 14.0. The Morgan fingerprint density at radius 1 is 1.25 bits per heavy atom. The number of benzene rings is 1. The van der Waals surface area contributed by atoms with Crippen molar-refractivity contribution in [3.05, 3.63) is 35.9 Å². The van der Waals surface area contributed by atoms with Crippen molar-refractivity contribution in [3.63, 3.8) is 0 Å². The molecule has 1 aliphatic carbocycles. The maximum atomic E-state index is 13.3. The van der Waals surface area contributed by atoms with E-state index in [-0.39, 0.29) is 6.10 Å². The predicted octanol–water partition coefficient (Wildman–Crippen LogP) is 3.35. The number of nitrogens with zero attached hydrogens (tertiary/aromatic N) is 1. The summed E-state index contributed by atoms with van der Waals surface area (Å²) in [6, 6.07) is 10.1. The van der Waals surface area contributed by atoms with Gasteiger partial charge in [0.05, 0.1) is 12.7 Å². The van der Waals surface area contributed by atoms with Crippen LogP contribution >= 0.6 is 0 Å². The van der Waals surface area contributed by atoms with Gasteiger partial charge in [0.25, 0.3) is 5.92 Å². The highest BCUT2D eigenvalue weighted by Gasteiger charge is 2.65. The number of ether oxygens (including phenoxy) is 1. The summed E-state index contributed by atoms with van der Waals surface area (Å²) in [5.41, 5.74) is 1.18. The second-order valence-electron chi connectivity index (χ2n) is 5.93. The average molecular weight is 281 g/mol. The molecule has 2 aliphatic rings. The molecule has 110 valence electrons. The molecule has 1 saturated heterocycles. The Bertz CT molecular complexity index is 451.